The Kier molecular flexibility index (Phi) is 38.3. The first-order valence-electron chi connectivity index (χ1n) is 20.7. The zero-order valence-electron chi connectivity index (χ0n) is 34.1. The fraction of sp³-hybridized carbons (Fsp3) is 0.600. The number of phosphoric acid groups is 1. The van der Waals surface area contributed by atoms with E-state index >= 15 is 0 Å². The number of phosphoric ester groups is 1. The molecule has 0 heterocycles. The molecule has 1 amide bonds. The lowest BCUT2D eigenvalue weighted by Crippen LogP contribution is -2.27. The quantitative estimate of drug-likeness (QED) is 0.0245. The summed E-state index contributed by atoms with van der Waals surface area (Å²) < 4.78 is 26.8. The van der Waals surface area contributed by atoms with E-state index in [9.17, 15) is 24.2 Å². The fourth-order valence-electron chi connectivity index (χ4n) is 4.83. The highest BCUT2D eigenvalue weighted by atomic mass is 31.2. The van der Waals surface area contributed by atoms with Crippen molar-refractivity contribution >= 4 is 19.7 Å². The molecule has 0 radical (unpaired) electrons. The third-order valence-electron chi connectivity index (χ3n) is 7.99. The van der Waals surface area contributed by atoms with E-state index in [-0.39, 0.29) is 32.1 Å². The summed E-state index contributed by atoms with van der Waals surface area (Å²) in [6, 6.07) is 0. The number of carbonyl (C=O) groups is 2. The lowest BCUT2D eigenvalue weighted by molar-refractivity contribution is -0.147. The first-order chi connectivity index (χ1) is 26.8. The van der Waals surface area contributed by atoms with E-state index in [0.29, 0.717) is 19.3 Å². The zero-order valence-corrected chi connectivity index (χ0v) is 35.0. The smallest absolute Gasteiger partial charge is 0.463 e. The van der Waals surface area contributed by atoms with Crippen molar-refractivity contribution in [3.63, 3.8) is 0 Å². The number of hydrogen-bond donors (Lipinski definition) is 3. The van der Waals surface area contributed by atoms with Gasteiger partial charge >= 0.3 is 13.8 Å². The van der Waals surface area contributed by atoms with E-state index < -0.39 is 26.5 Å². The van der Waals surface area contributed by atoms with Crippen molar-refractivity contribution in [2.45, 2.75) is 148 Å². The Balaban J connectivity index is 3.79. The topological polar surface area (TPSA) is 131 Å². The van der Waals surface area contributed by atoms with Crippen LogP contribution in [0.2, 0.25) is 0 Å². The van der Waals surface area contributed by atoms with Gasteiger partial charge in [-0.05, 0) is 89.9 Å². The second-order valence-corrected chi connectivity index (χ2v) is 14.7. The number of hydrogen-bond acceptors (Lipinski definition) is 7. The predicted octanol–water partition coefficient (Wildman–Crippen LogP) is 11.4. The van der Waals surface area contributed by atoms with E-state index in [1.165, 1.54) is 51.4 Å². The van der Waals surface area contributed by atoms with E-state index in [2.05, 4.69) is 110 Å². The summed E-state index contributed by atoms with van der Waals surface area (Å²) in [5, 5.41) is 12.6. The van der Waals surface area contributed by atoms with Gasteiger partial charge in [0.25, 0.3) is 0 Å². The second-order valence-electron chi connectivity index (χ2n) is 13.2. The molecule has 0 rings (SSSR count). The largest absolute Gasteiger partial charge is 0.472 e. The molecule has 0 spiro atoms. The van der Waals surface area contributed by atoms with Gasteiger partial charge in [-0.15, -0.1) is 0 Å². The van der Waals surface area contributed by atoms with E-state index in [1.54, 1.807) is 0 Å². The monoisotopic (exact) mass is 788 g/mol. The highest BCUT2D eigenvalue weighted by Gasteiger charge is 2.23. The number of carbonyl (C=O) groups excluding carboxylic acids is 2. The van der Waals surface area contributed by atoms with E-state index in [1.807, 2.05) is 6.08 Å². The highest BCUT2D eigenvalue weighted by molar-refractivity contribution is 7.47. The predicted molar refractivity (Wildman–Crippen MR) is 229 cm³/mol. The first kappa shape index (κ1) is 51.9. The third-order valence-corrected chi connectivity index (χ3v) is 8.97. The third kappa shape index (κ3) is 41.9. The van der Waals surface area contributed by atoms with Crippen LogP contribution in [0, 0.1) is 0 Å². The average Bonchev–Trinajstić information content (AvgIpc) is 3.17. The van der Waals surface area contributed by atoms with Crippen LogP contribution in [0.4, 0.5) is 0 Å². The van der Waals surface area contributed by atoms with E-state index in [0.717, 1.165) is 51.4 Å². The number of ether oxygens (including phenoxy) is 1. The van der Waals surface area contributed by atoms with Gasteiger partial charge < -0.3 is 20.1 Å². The minimum atomic E-state index is -4.45. The summed E-state index contributed by atoms with van der Waals surface area (Å²) in [5.74, 6) is -0.641. The molecular formula is C45H74NO8P. The maximum absolute atomic E-state index is 12.1. The number of esters is 1. The molecule has 2 atom stereocenters. The van der Waals surface area contributed by atoms with Crippen molar-refractivity contribution < 1.29 is 37.9 Å². The van der Waals surface area contributed by atoms with Crippen molar-refractivity contribution in [2.24, 2.45) is 0 Å². The Bertz CT molecular complexity index is 1220. The highest BCUT2D eigenvalue weighted by Crippen LogP contribution is 2.42. The summed E-state index contributed by atoms with van der Waals surface area (Å²) in [7, 11) is -4.45. The normalized spacial score (nSPS) is 14.3. The number of nitrogens with one attached hydrogen (secondary N) is 1. The molecule has 0 bridgehead atoms. The van der Waals surface area contributed by atoms with Gasteiger partial charge in [0.2, 0.25) is 5.91 Å². The van der Waals surface area contributed by atoms with Gasteiger partial charge in [-0.1, -0.05) is 137 Å². The van der Waals surface area contributed by atoms with Crippen LogP contribution in [-0.2, 0) is 27.9 Å². The van der Waals surface area contributed by atoms with Crippen molar-refractivity contribution in [1.29, 1.82) is 0 Å². The summed E-state index contributed by atoms with van der Waals surface area (Å²) in [6.45, 7) is 3.33. The summed E-state index contributed by atoms with van der Waals surface area (Å²) in [5.41, 5.74) is 0. The van der Waals surface area contributed by atoms with Crippen molar-refractivity contribution in [1.82, 2.24) is 5.32 Å². The minimum absolute atomic E-state index is 0.0400. The molecule has 0 aromatic rings. The molecule has 0 aliphatic carbocycles. The van der Waals surface area contributed by atoms with Crippen LogP contribution in [0.15, 0.2) is 97.2 Å². The molecular weight excluding hydrogens is 713 g/mol. The molecule has 0 fully saturated rings. The number of unbranched alkanes of at least 4 members (excludes halogenated alkanes) is 8. The molecule has 0 aromatic heterocycles. The molecule has 55 heavy (non-hydrogen) atoms. The number of rotatable bonds is 37. The molecule has 10 heteroatoms. The van der Waals surface area contributed by atoms with Crippen LogP contribution in [0.1, 0.15) is 142 Å². The Morgan fingerprint density at radius 3 is 1.40 bits per heavy atom. The first-order valence-corrected chi connectivity index (χ1v) is 22.2. The van der Waals surface area contributed by atoms with Crippen LogP contribution in [0.25, 0.3) is 0 Å². The average molecular weight is 788 g/mol. The van der Waals surface area contributed by atoms with Gasteiger partial charge in [0, 0.05) is 19.4 Å². The van der Waals surface area contributed by atoms with Gasteiger partial charge in [-0.3, -0.25) is 18.6 Å². The molecule has 312 valence electrons. The van der Waals surface area contributed by atoms with Gasteiger partial charge in [-0.2, -0.15) is 0 Å². The standard InChI is InChI=1S/C45H74NO8P/c1-3-5-7-9-11-13-15-17-19-21-23-25-27-29-31-33-35-37-44(48)46-39-40-53-55(50,51)54-42-43(47)41-52-45(49)38-36-34-32-30-28-26-24-22-20-18-16-14-12-10-8-6-4-2/h11-14,17-20,23-26,29-32,43,47H,3-10,15-16,21-22,27-28,33-42H2,1-2H3,(H,46,48)(H,50,51)/b13-11-,14-12-,19-17-,20-18-,25-23-,26-24-,31-29-,32-30-. The SMILES string of the molecule is CCCCC/C=C\C/C=C\C/C=C\C/C=C\CCCC(=O)NCCOP(=O)(O)OCC(O)COC(=O)CCC/C=C\C/C=C\C/C=C\C/C=C\CCCCC. The minimum Gasteiger partial charge on any atom is -0.463 e. The zero-order chi connectivity index (χ0) is 40.3. The summed E-state index contributed by atoms with van der Waals surface area (Å²) in [6.07, 6.45) is 52.0. The number of aliphatic hydroxyl groups excluding tert-OH is 1. The van der Waals surface area contributed by atoms with Crippen LogP contribution in [0.3, 0.4) is 0 Å². The maximum Gasteiger partial charge on any atom is 0.472 e. The summed E-state index contributed by atoms with van der Waals surface area (Å²) in [4.78, 5) is 33.8. The second kappa shape index (κ2) is 40.6. The van der Waals surface area contributed by atoms with Crippen LogP contribution >= 0.6 is 7.82 Å². The molecule has 9 nitrogen and oxygen atoms in total. The Morgan fingerprint density at radius 2 is 0.964 bits per heavy atom. The summed E-state index contributed by atoms with van der Waals surface area (Å²) >= 11 is 0. The van der Waals surface area contributed by atoms with Crippen molar-refractivity contribution in [3.8, 4) is 0 Å². The number of aliphatic hydroxyl groups is 1. The maximum atomic E-state index is 12.1. The van der Waals surface area contributed by atoms with Crippen molar-refractivity contribution in [2.75, 3.05) is 26.4 Å². The van der Waals surface area contributed by atoms with Gasteiger partial charge in [0.1, 0.15) is 12.7 Å². The van der Waals surface area contributed by atoms with Crippen LogP contribution in [-0.4, -0.2) is 54.3 Å². The van der Waals surface area contributed by atoms with Crippen LogP contribution < -0.4 is 5.32 Å². The van der Waals surface area contributed by atoms with Gasteiger partial charge in [-0.25, -0.2) is 4.57 Å². The molecule has 0 aliphatic rings. The Labute approximate surface area is 334 Å². The van der Waals surface area contributed by atoms with Gasteiger partial charge in [0.15, 0.2) is 0 Å². The molecule has 0 saturated carbocycles. The van der Waals surface area contributed by atoms with Gasteiger partial charge in [0.05, 0.1) is 13.2 Å². The Hall–Kier alpha value is -3.07. The van der Waals surface area contributed by atoms with Crippen molar-refractivity contribution in [3.05, 3.63) is 97.2 Å². The van der Waals surface area contributed by atoms with E-state index in [4.69, 9.17) is 13.8 Å². The number of amides is 1. The lowest BCUT2D eigenvalue weighted by atomic mass is 10.2. The molecule has 0 aromatic carbocycles. The van der Waals surface area contributed by atoms with Crippen LogP contribution in [0.5, 0.6) is 0 Å². The molecule has 0 saturated heterocycles. The molecule has 3 N–H and O–H groups in total. The molecule has 2 unspecified atom stereocenters. The lowest BCUT2D eigenvalue weighted by Gasteiger charge is -2.15. The Morgan fingerprint density at radius 1 is 0.564 bits per heavy atom. The fourth-order valence-corrected chi connectivity index (χ4v) is 5.59. The number of allylic oxidation sites excluding steroid dienone is 16. The molecule has 0 aliphatic heterocycles.